The molecule has 0 radical (unpaired) electrons. The van der Waals surface area contributed by atoms with Crippen LogP contribution in [0.3, 0.4) is 0 Å². The fourth-order valence-electron chi connectivity index (χ4n) is 1.94. The molecular weight excluding hydrogens is 274 g/mol. The van der Waals surface area contributed by atoms with Crippen LogP contribution in [-0.2, 0) is 0 Å². The van der Waals surface area contributed by atoms with E-state index < -0.39 is 0 Å². The summed E-state index contributed by atoms with van der Waals surface area (Å²) in [6.07, 6.45) is 4.38. The maximum Gasteiger partial charge on any atom is 0.251 e. The van der Waals surface area contributed by atoms with Crippen molar-refractivity contribution in [3.05, 3.63) is 29.8 Å². The van der Waals surface area contributed by atoms with Crippen molar-refractivity contribution in [2.75, 3.05) is 19.0 Å². The van der Waals surface area contributed by atoms with Crippen LogP contribution < -0.4 is 10.1 Å². The third-order valence-corrected chi connectivity index (χ3v) is 4.31. The summed E-state index contributed by atoms with van der Waals surface area (Å²) in [7, 11) is 0. The first kappa shape index (κ1) is 15.2. The van der Waals surface area contributed by atoms with E-state index in [0.717, 1.165) is 38.0 Å². The van der Waals surface area contributed by atoms with E-state index in [-0.39, 0.29) is 11.3 Å². The fraction of sp³-hybridized carbons (Fsp3) is 0.562. The third-order valence-electron chi connectivity index (χ3n) is 3.75. The smallest absolute Gasteiger partial charge is 0.251 e. The van der Waals surface area contributed by atoms with Gasteiger partial charge in [0.15, 0.2) is 0 Å². The second kappa shape index (κ2) is 6.98. The van der Waals surface area contributed by atoms with E-state index in [1.54, 1.807) is 12.1 Å². The molecule has 0 atom stereocenters. The van der Waals surface area contributed by atoms with Crippen molar-refractivity contribution in [2.45, 2.75) is 32.6 Å². The molecule has 4 heteroatoms. The van der Waals surface area contributed by atoms with E-state index in [4.69, 9.17) is 16.3 Å². The highest BCUT2D eigenvalue weighted by Crippen LogP contribution is 2.45. The SMILES string of the molecule is CCCCOc1ccc(C(=O)NCC2(CCl)CC2)cc1. The van der Waals surface area contributed by atoms with Crippen LogP contribution in [0.5, 0.6) is 5.75 Å². The second-order valence-electron chi connectivity index (χ2n) is 5.54. The molecule has 0 heterocycles. The second-order valence-corrected chi connectivity index (χ2v) is 5.81. The number of benzene rings is 1. The van der Waals surface area contributed by atoms with Crippen LogP contribution in [0.2, 0.25) is 0 Å². The Balaban J connectivity index is 1.81. The summed E-state index contributed by atoms with van der Waals surface area (Å²) in [5.74, 6) is 1.40. The molecule has 0 saturated heterocycles. The van der Waals surface area contributed by atoms with E-state index in [2.05, 4.69) is 12.2 Å². The quantitative estimate of drug-likeness (QED) is 0.588. The van der Waals surface area contributed by atoms with Gasteiger partial charge in [-0.3, -0.25) is 4.79 Å². The fourth-order valence-corrected chi connectivity index (χ4v) is 2.30. The Kier molecular flexibility index (Phi) is 5.30. The number of amides is 1. The molecule has 0 bridgehead atoms. The van der Waals surface area contributed by atoms with Crippen molar-refractivity contribution in [3.8, 4) is 5.75 Å². The van der Waals surface area contributed by atoms with E-state index in [1.165, 1.54) is 0 Å². The van der Waals surface area contributed by atoms with E-state index in [1.807, 2.05) is 12.1 Å². The van der Waals surface area contributed by atoms with Crippen molar-refractivity contribution >= 4 is 17.5 Å². The Bertz CT molecular complexity index is 440. The van der Waals surface area contributed by atoms with Crippen molar-refractivity contribution in [2.24, 2.45) is 5.41 Å². The molecule has 0 aromatic heterocycles. The van der Waals surface area contributed by atoms with Gasteiger partial charge in [0.2, 0.25) is 0 Å². The van der Waals surface area contributed by atoms with Gasteiger partial charge in [0.25, 0.3) is 5.91 Å². The number of rotatable bonds is 8. The normalized spacial score (nSPS) is 15.7. The average Bonchev–Trinajstić information content (AvgIpc) is 3.26. The van der Waals surface area contributed by atoms with Crippen LogP contribution in [0.1, 0.15) is 43.0 Å². The molecule has 110 valence electrons. The number of carbonyl (C=O) groups is 1. The predicted molar refractivity (Wildman–Crippen MR) is 81.6 cm³/mol. The summed E-state index contributed by atoms with van der Waals surface area (Å²) in [6.45, 7) is 3.52. The van der Waals surface area contributed by atoms with Gasteiger partial charge >= 0.3 is 0 Å². The Labute approximate surface area is 125 Å². The van der Waals surface area contributed by atoms with Gasteiger partial charge < -0.3 is 10.1 Å². The number of nitrogens with one attached hydrogen (secondary N) is 1. The van der Waals surface area contributed by atoms with Crippen LogP contribution in [0, 0.1) is 5.41 Å². The van der Waals surface area contributed by atoms with E-state index in [9.17, 15) is 4.79 Å². The van der Waals surface area contributed by atoms with Gasteiger partial charge in [-0.1, -0.05) is 13.3 Å². The lowest BCUT2D eigenvalue weighted by molar-refractivity contribution is 0.0946. The topological polar surface area (TPSA) is 38.3 Å². The molecule has 1 N–H and O–H groups in total. The molecular formula is C16H22ClNO2. The number of hydrogen-bond donors (Lipinski definition) is 1. The average molecular weight is 296 g/mol. The molecule has 0 spiro atoms. The van der Waals surface area contributed by atoms with Gasteiger partial charge in [0.1, 0.15) is 5.75 Å². The first-order chi connectivity index (χ1) is 9.69. The highest BCUT2D eigenvalue weighted by atomic mass is 35.5. The number of halogens is 1. The predicted octanol–water partition coefficient (Wildman–Crippen LogP) is 3.61. The molecule has 1 aliphatic carbocycles. The lowest BCUT2D eigenvalue weighted by Gasteiger charge is -2.12. The maximum absolute atomic E-state index is 12.0. The maximum atomic E-state index is 12.0. The summed E-state index contributed by atoms with van der Waals surface area (Å²) < 4.78 is 5.57. The lowest BCUT2D eigenvalue weighted by atomic mass is 10.1. The number of unbranched alkanes of at least 4 members (excludes halogenated alkanes) is 1. The van der Waals surface area contributed by atoms with Gasteiger partial charge in [0.05, 0.1) is 6.61 Å². The van der Waals surface area contributed by atoms with E-state index >= 15 is 0 Å². The summed E-state index contributed by atoms with van der Waals surface area (Å²) in [6, 6.07) is 7.30. The molecule has 2 rings (SSSR count). The number of carbonyl (C=O) groups excluding carboxylic acids is 1. The minimum absolute atomic E-state index is 0.0403. The lowest BCUT2D eigenvalue weighted by Crippen LogP contribution is -2.30. The number of ether oxygens (including phenoxy) is 1. The van der Waals surface area contributed by atoms with Gasteiger partial charge in [-0.15, -0.1) is 11.6 Å². The van der Waals surface area contributed by atoms with Gasteiger partial charge in [-0.25, -0.2) is 0 Å². The van der Waals surface area contributed by atoms with Crippen molar-refractivity contribution in [1.29, 1.82) is 0 Å². The Morgan fingerprint density at radius 1 is 1.35 bits per heavy atom. The van der Waals surface area contributed by atoms with Crippen molar-refractivity contribution < 1.29 is 9.53 Å². The minimum Gasteiger partial charge on any atom is -0.494 e. The molecule has 0 aliphatic heterocycles. The van der Waals surface area contributed by atoms with E-state index in [0.29, 0.717) is 18.0 Å². The number of alkyl halides is 1. The van der Waals surface area contributed by atoms with Crippen LogP contribution in [0.4, 0.5) is 0 Å². The van der Waals surface area contributed by atoms with Gasteiger partial charge in [-0.2, -0.15) is 0 Å². The Morgan fingerprint density at radius 3 is 2.60 bits per heavy atom. The molecule has 0 unspecified atom stereocenters. The summed E-state index contributed by atoms with van der Waals surface area (Å²) in [5, 5.41) is 2.96. The molecule has 3 nitrogen and oxygen atoms in total. The highest BCUT2D eigenvalue weighted by Gasteiger charge is 2.41. The highest BCUT2D eigenvalue weighted by molar-refractivity contribution is 6.18. The first-order valence-electron chi connectivity index (χ1n) is 7.26. The Morgan fingerprint density at radius 2 is 2.05 bits per heavy atom. The molecule has 1 saturated carbocycles. The summed E-state index contributed by atoms with van der Waals surface area (Å²) in [5.41, 5.74) is 0.818. The van der Waals surface area contributed by atoms with Crippen molar-refractivity contribution in [3.63, 3.8) is 0 Å². The zero-order chi connectivity index (χ0) is 14.4. The zero-order valence-corrected chi connectivity index (χ0v) is 12.7. The molecule has 20 heavy (non-hydrogen) atoms. The van der Waals surface area contributed by atoms with Crippen LogP contribution in [0.15, 0.2) is 24.3 Å². The minimum atomic E-state index is -0.0403. The summed E-state index contributed by atoms with van der Waals surface area (Å²) in [4.78, 5) is 12.0. The molecule has 1 aliphatic rings. The zero-order valence-electron chi connectivity index (χ0n) is 12.0. The largest absolute Gasteiger partial charge is 0.494 e. The van der Waals surface area contributed by atoms with Crippen LogP contribution >= 0.6 is 11.6 Å². The summed E-state index contributed by atoms with van der Waals surface area (Å²) >= 11 is 5.90. The standard InChI is InChI=1S/C16H22ClNO2/c1-2-3-10-20-14-6-4-13(5-7-14)15(19)18-12-16(11-17)8-9-16/h4-7H,2-3,8-12H2,1H3,(H,18,19). The van der Waals surface area contributed by atoms with Gasteiger partial charge in [0, 0.05) is 23.4 Å². The van der Waals surface area contributed by atoms with Crippen LogP contribution in [0.25, 0.3) is 0 Å². The Hall–Kier alpha value is -1.22. The first-order valence-corrected chi connectivity index (χ1v) is 7.79. The monoisotopic (exact) mass is 295 g/mol. The van der Waals surface area contributed by atoms with Crippen molar-refractivity contribution in [1.82, 2.24) is 5.32 Å². The molecule has 1 aromatic carbocycles. The third kappa shape index (κ3) is 4.14. The molecule has 1 fully saturated rings. The van der Waals surface area contributed by atoms with Crippen LogP contribution in [-0.4, -0.2) is 24.9 Å². The van der Waals surface area contributed by atoms with Gasteiger partial charge in [-0.05, 0) is 43.5 Å². The molecule has 1 amide bonds. The number of hydrogen-bond acceptors (Lipinski definition) is 2. The molecule has 1 aromatic rings.